The number of hydrogen-bond acceptors (Lipinski definition) is 4. The minimum absolute atomic E-state index is 0.0881. The molecule has 1 saturated heterocycles. The van der Waals surface area contributed by atoms with E-state index in [2.05, 4.69) is 12.2 Å². The van der Waals surface area contributed by atoms with Gasteiger partial charge in [-0.15, -0.1) is 0 Å². The first-order chi connectivity index (χ1) is 11.8. The molecule has 0 bridgehead atoms. The average Bonchev–Trinajstić information content (AvgIpc) is 2.62. The van der Waals surface area contributed by atoms with Gasteiger partial charge in [-0.1, -0.05) is 6.07 Å². The molecule has 24 heavy (non-hydrogen) atoms. The van der Waals surface area contributed by atoms with Crippen LogP contribution in [0, 0.1) is 5.41 Å². The van der Waals surface area contributed by atoms with Gasteiger partial charge in [-0.2, -0.15) is 0 Å². The molecule has 1 N–H and O–H groups in total. The van der Waals surface area contributed by atoms with Crippen molar-refractivity contribution in [2.45, 2.75) is 57.7 Å². The van der Waals surface area contributed by atoms with E-state index in [1.165, 1.54) is 0 Å². The van der Waals surface area contributed by atoms with Crippen LogP contribution in [-0.2, 0) is 16.0 Å². The number of pyridine rings is 1. The number of aryl methyl sites for hydroxylation is 1. The Hall–Kier alpha value is -1.17. The molecule has 2 aliphatic rings. The van der Waals surface area contributed by atoms with Crippen LogP contribution in [0.1, 0.15) is 39.0 Å². The third kappa shape index (κ3) is 3.73. The number of ether oxygens (including phenoxy) is 2. The zero-order valence-corrected chi connectivity index (χ0v) is 14.7. The van der Waals surface area contributed by atoms with Gasteiger partial charge >= 0.3 is 0 Å². The summed E-state index contributed by atoms with van der Waals surface area (Å²) < 4.78 is 13.3. The van der Waals surface area contributed by atoms with E-state index in [1.807, 2.05) is 12.3 Å². The molecular formula is C19H30N2O3. The molecule has 0 amide bonds. The summed E-state index contributed by atoms with van der Waals surface area (Å²) in [4.78, 5) is 11.7. The van der Waals surface area contributed by atoms with E-state index < -0.39 is 0 Å². The molecule has 1 aliphatic carbocycles. The third-order valence-electron chi connectivity index (χ3n) is 5.69. The predicted octanol–water partition coefficient (Wildman–Crippen LogP) is 2.19. The number of hydrogen-bond donors (Lipinski definition) is 1. The van der Waals surface area contributed by atoms with Crippen LogP contribution in [0.5, 0.6) is 0 Å². The molecule has 1 aromatic rings. The molecule has 0 radical (unpaired) electrons. The van der Waals surface area contributed by atoms with Gasteiger partial charge in [0.25, 0.3) is 0 Å². The topological polar surface area (TPSA) is 52.5 Å². The van der Waals surface area contributed by atoms with Gasteiger partial charge in [-0.25, -0.2) is 0 Å². The summed E-state index contributed by atoms with van der Waals surface area (Å²) in [5.41, 5.74) is 0.370. The standard InChI is InChI=1S/C19H30N2O3/c1-2-24-17-15-16(19(17)8-13-23-14-9-19)20-10-4-6-12-21-11-5-3-7-18(21)22/h3,5,7,11,16-17,20H,2,4,6,8-10,12-15H2,1H3/t16-,17+/m1/s1. The molecule has 0 aromatic carbocycles. The second-order valence-electron chi connectivity index (χ2n) is 6.97. The van der Waals surface area contributed by atoms with E-state index >= 15 is 0 Å². The van der Waals surface area contributed by atoms with E-state index in [0.29, 0.717) is 12.1 Å². The Morgan fingerprint density at radius 2 is 2.17 bits per heavy atom. The monoisotopic (exact) mass is 334 g/mol. The van der Waals surface area contributed by atoms with Crippen LogP contribution in [-0.4, -0.2) is 43.1 Å². The van der Waals surface area contributed by atoms with Crippen LogP contribution in [0.15, 0.2) is 29.2 Å². The van der Waals surface area contributed by atoms with Gasteiger partial charge in [0, 0.05) is 50.1 Å². The summed E-state index contributed by atoms with van der Waals surface area (Å²) in [7, 11) is 0. The van der Waals surface area contributed by atoms with Crippen molar-refractivity contribution in [3.8, 4) is 0 Å². The Morgan fingerprint density at radius 1 is 1.33 bits per heavy atom. The van der Waals surface area contributed by atoms with E-state index in [-0.39, 0.29) is 11.0 Å². The Labute approximate surface area is 144 Å². The largest absolute Gasteiger partial charge is 0.381 e. The molecule has 2 atom stereocenters. The first kappa shape index (κ1) is 17.6. The first-order valence-electron chi connectivity index (χ1n) is 9.34. The van der Waals surface area contributed by atoms with Crippen molar-refractivity contribution in [1.82, 2.24) is 9.88 Å². The van der Waals surface area contributed by atoms with Gasteiger partial charge < -0.3 is 19.4 Å². The molecule has 5 nitrogen and oxygen atoms in total. The molecular weight excluding hydrogens is 304 g/mol. The van der Waals surface area contributed by atoms with Crippen molar-refractivity contribution in [3.05, 3.63) is 34.7 Å². The van der Waals surface area contributed by atoms with Gasteiger partial charge in [0.05, 0.1) is 6.10 Å². The van der Waals surface area contributed by atoms with Crippen molar-refractivity contribution >= 4 is 0 Å². The number of aromatic nitrogens is 1. The molecule has 3 rings (SSSR count). The van der Waals surface area contributed by atoms with Crippen LogP contribution < -0.4 is 10.9 Å². The van der Waals surface area contributed by atoms with Crippen LogP contribution in [0.2, 0.25) is 0 Å². The van der Waals surface area contributed by atoms with Crippen molar-refractivity contribution < 1.29 is 9.47 Å². The second kappa shape index (κ2) is 8.28. The summed E-state index contributed by atoms with van der Waals surface area (Å²) in [6.45, 7) is 6.41. The molecule has 0 unspecified atom stereocenters. The van der Waals surface area contributed by atoms with Crippen molar-refractivity contribution in [2.75, 3.05) is 26.4 Å². The quantitative estimate of drug-likeness (QED) is 0.741. The van der Waals surface area contributed by atoms with Crippen LogP contribution >= 0.6 is 0 Å². The summed E-state index contributed by atoms with van der Waals surface area (Å²) in [5.74, 6) is 0. The maximum atomic E-state index is 11.7. The Bertz CT molecular complexity index is 566. The maximum absolute atomic E-state index is 11.7. The average molecular weight is 334 g/mol. The molecule has 2 heterocycles. The lowest BCUT2D eigenvalue weighted by Gasteiger charge is -2.57. The summed E-state index contributed by atoms with van der Waals surface area (Å²) in [6, 6.07) is 5.88. The number of nitrogens with one attached hydrogen (secondary N) is 1. The number of unbranched alkanes of at least 4 members (excludes halogenated alkanes) is 1. The first-order valence-corrected chi connectivity index (χ1v) is 9.34. The second-order valence-corrected chi connectivity index (χ2v) is 6.97. The third-order valence-corrected chi connectivity index (χ3v) is 5.69. The lowest BCUT2D eigenvalue weighted by Crippen LogP contribution is -2.65. The zero-order chi connectivity index (χ0) is 16.8. The van der Waals surface area contributed by atoms with Crippen molar-refractivity contribution in [3.63, 3.8) is 0 Å². The van der Waals surface area contributed by atoms with Gasteiger partial charge in [0.15, 0.2) is 0 Å². The van der Waals surface area contributed by atoms with E-state index in [0.717, 1.165) is 65.0 Å². The van der Waals surface area contributed by atoms with E-state index in [9.17, 15) is 4.79 Å². The lowest BCUT2D eigenvalue weighted by atomic mass is 9.57. The van der Waals surface area contributed by atoms with Gasteiger partial charge in [0.2, 0.25) is 5.56 Å². The fraction of sp³-hybridized carbons (Fsp3) is 0.737. The Kier molecular flexibility index (Phi) is 6.09. The van der Waals surface area contributed by atoms with Crippen molar-refractivity contribution in [1.29, 1.82) is 0 Å². The Balaban J connectivity index is 1.41. The molecule has 1 saturated carbocycles. The van der Waals surface area contributed by atoms with Gasteiger partial charge in [-0.05, 0) is 51.6 Å². The van der Waals surface area contributed by atoms with Crippen LogP contribution in [0.25, 0.3) is 0 Å². The summed E-state index contributed by atoms with van der Waals surface area (Å²) >= 11 is 0. The number of nitrogens with zero attached hydrogens (tertiary/aromatic N) is 1. The minimum Gasteiger partial charge on any atom is -0.381 e. The van der Waals surface area contributed by atoms with Crippen molar-refractivity contribution in [2.24, 2.45) is 5.41 Å². The maximum Gasteiger partial charge on any atom is 0.250 e. The fourth-order valence-electron chi connectivity index (χ4n) is 4.22. The molecule has 134 valence electrons. The van der Waals surface area contributed by atoms with Gasteiger partial charge in [-0.3, -0.25) is 4.79 Å². The zero-order valence-electron chi connectivity index (χ0n) is 14.7. The van der Waals surface area contributed by atoms with Gasteiger partial charge in [0.1, 0.15) is 0 Å². The molecule has 2 fully saturated rings. The molecule has 1 spiro atoms. The highest BCUT2D eigenvalue weighted by molar-refractivity contribution is 5.08. The molecule has 1 aliphatic heterocycles. The summed E-state index contributed by atoms with van der Waals surface area (Å²) in [6.07, 6.45) is 7.70. The highest BCUT2D eigenvalue weighted by Crippen LogP contribution is 2.50. The summed E-state index contributed by atoms with van der Waals surface area (Å²) in [5, 5.41) is 3.75. The lowest BCUT2D eigenvalue weighted by molar-refractivity contribution is -0.172. The normalized spacial score (nSPS) is 25.5. The fourth-order valence-corrected chi connectivity index (χ4v) is 4.22. The smallest absolute Gasteiger partial charge is 0.250 e. The number of rotatable bonds is 8. The highest BCUT2D eigenvalue weighted by Gasteiger charge is 2.55. The van der Waals surface area contributed by atoms with E-state index in [1.54, 1.807) is 16.7 Å². The van der Waals surface area contributed by atoms with E-state index in [4.69, 9.17) is 9.47 Å². The van der Waals surface area contributed by atoms with Crippen LogP contribution in [0.4, 0.5) is 0 Å². The molecule has 5 heteroatoms. The Morgan fingerprint density at radius 3 is 2.92 bits per heavy atom. The minimum atomic E-state index is 0.0881. The highest BCUT2D eigenvalue weighted by atomic mass is 16.5. The SMILES string of the molecule is CCO[C@H]1C[C@@H](NCCCCn2ccccc2=O)C12CCOCC2. The molecule has 1 aromatic heterocycles. The van der Waals surface area contributed by atoms with Crippen LogP contribution in [0.3, 0.4) is 0 Å². The predicted molar refractivity (Wildman–Crippen MR) is 94.2 cm³/mol.